The van der Waals surface area contributed by atoms with Gasteiger partial charge in [0.15, 0.2) is 5.75 Å². The Morgan fingerprint density at radius 3 is 2.64 bits per heavy atom. The van der Waals surface area contributed by atoms with E-state index in [4.69, 9.17) is 4.74 Å². The summed E-state index contributed by atoms with van der Waals surface area (Å²) in [5.41, 5.74) is 1.27. The van der Waals surface area contributed by atoms with Crippen LogP contribution in [0.15, 0.2) is 35.6 Å². The Morgan fingerprint density at radius 1 is 1.43 bits per heavy atom. The van der Waals surface area contributed by atoms with E-state index in [-0.39, 0.29) is 5.43 Å². The highest BCUT2D eigenvalue weighted by atomic mass is 16.5. The predicted octanol–water partition coefficient (Wildman–Crippen LogP) is 2.48. The molecular weight excluding hydrogens is 176 g/mol. The fraction of sp³-hybridized carbons (Fsp3) is 0.250. The highest BCUT2D eigenvalue weighted by Crippen LogP contribution is 2.09. The molecule has 2 heteroatoms. The Morgan fingerprint density at radius 2 is 2.07 bits per heavy atom. The van der Waals surface area contributed by atoms with Crippen LogP contribution in [0.4, 0.5) is 0 Å². The van der Waals surface area contributed by atoms with Gasteiger partial charge in [-0.2, -0.15) is 0 Å². The molecule has 0 aliphatic rings. The molecule has 0 bridgehead atoms. The maximum atomic E-state index is 11.8. The summed E-state index contributed by atoms with van der Waals surface area (Å²) in [6, 6.07) is 7.04. The van der Waals surface area contributed by atoms with Crippen LogP contribution < -0.4 is 10.2 Å². The molecule has 0 saturated carbocycles. The third-order valence-corrected chi connectivity index (χ3v) is 1.85. The van der Waals surface area contributed by atoms with Crippen molar-refractivity contribution >= 4 is 5.57 Å². The second kappa shape index (κ2) is 4.61. The second-order valence-corrected chi connectivity index (χ2v) is 3.04. The summed E-state index contributed by atoms with van der Waals surface area (Å²) in [5, 5.41) is 0. The number of hydrogen-bond donors (Lipinski definition) is 0. The Balaban J connectivity index is 3.35. The molecule has 1 rings (SSSR count). The van der Waals surface area contributed by atoms with Crippen molar-refractivity contribution in [2.45, 2.75) is 13.8 Å². The monoisotopic (exact) mass is 190 g/mol. The first-order valence-electron chi connectivity index (χ1n) is 4.58. The van der Waals surface area contributed by atoms with E-state index in [1.54, 1.807) is 18.2 Å². The molecule has 0 spiro atoms. The Kier molecular flexibility index (Phi) is 3.46. The molecule has 0 saturated heterocycles. The molecule has 0 aromatic heterocycles. The summed E-state index contributed by atoms with van der Waals surface area (Å²) in [6.45, 7) is 7.92. The van der Waals surface area contributed by atoms with Gasteiger partial charge in [-0.15, -0.1) is 0 Å². The molecule has 0 radical (unpaired) electrons. The lowest BCUT2D eigenvalue weighted by Gasteiger charge is -1.99. The van der Waals surface area contributed by atoms with Crippen LogP contribution in [0.5, 0.6) is 5.75 Å². The van der Waals surface area contributed by atoms with Gasteiger partial charge in [0.05, 0.1) is 6.61 Å². The molecule has 0 N–H and O–H groups in total. The molecule has 74 valence electrons. The standard InChI is InChI=1S/C12H14O2/c1-4-14-11-8-6-5-7-10(9(2)3)12(11)13/h5-8H,2,4H2,1,3H3. The van der Waals surface area contributed by atoms with Gasteiger partial charge in [-0.3, -0.25) is 4.79 Å². The van der Waals surface area contributed by atoms with E-state index in [9.17, 15) is 4.79 Å². The first-order valence-corrected chi connectivity index (χ1v) is 4.58. The van der Waals surface area contributed by atoms with Gasteiger partial charge in [0, 0.05) is 5.56 Å². The van der Waals surface area contributed by atoms with Gasteiger partial charge < -0.3 is 4.74 Å². The molecule has 0 aliphatic heterocycles. The second-order valence-electron chi connectivity index (χ2n) is 3.04. The lowest BCUT2D eigenvalue weighted by molar-refractivity contribution is 0.337. The number of hydrogen-bond acceptors (Lipinski definition) is 2. The molecule has 0 atom stereocenters. The highest BCUT2D eigenvalue weighted by molar-refractivity contribution is 5.61. The van der Waals surface area contributed by atoms with Crippen molar-refractivity contribution in [3.05, 3.63) is 46.6 Å². The van der Waals surface area contributed by atoms with E-state index in [0.29, 0.717) is 17.9 Å². The van der Waals surface area contributed by atoms with Gasteiger partial charge in [0.1, 0.15) is 0 Å². The van der Waals surface area contributed by atoms with Crippen molar-refractivity contribution in [2.24, 2.45) is 0 Å². The van der Waals surface area contributed by atoms with E-state index >= 15 is 0 Å². The zero-order valence-electron chi connectivity index (χ0n) is 8.54. The minimum Gasteiger partial charge on any atom is -0.490 e. The molecule has 0 aliphatic carbocycles. The van der Waals surface area contributed by atoms with Crippen LogP contribution in [0.1, 0.15) is 19.4 Å². The lowest BCUT2D eigenvalue weighted by Crippen LogP contribution is -2.08. The maximum absolute atomic E-state index is 11.8. The van der Waals surface area contributed by atoms with Crippen LogP contribution >= 0.6 is 0 Å². The van der Waals surface area contributed by atoms with Crippen molar-refractivity contribution in [3.63, 3.8) is 0 Å². The van der Waals surface area contributed by atoms with Gasteiger partial charge in [-0.05, 0) is 25.5 Å². The van der Waals surface area contributed by atoms with E-state index in [1.165, 1.54) is 0 Å². The van der Waals surface area contributed by atoms with Crippen LogP contribution in [0.25, 0.3) is 5.57 Å². The zero-order valence-corrected chi connectivity index (χ0v) is 8.54. The van der Waals surface area contributed by atoms with Crippen molar-refractivity contribution in [1.29, 1.82) is 0 Å². The molecular formula is C12H14O2. The average molecular weight is 190 g/mol. The molecule has 0 unspecified atom stereocenters. The first kappa shape index (κ1) is 10.5. The summed E-state index contributed by atoms with van der Waals surface area (Å²) in [6.07, 6.45) is 0. The average Bonchev–Trinajstić information content (AvgIpc) is 2.30. The largest absolute Gasteiger partial charge is 0.490 e. The summed E-state index contributed by atoms with van der Waals surface area (Å²) in [4.78, 5) is 11.8. The topological polar surface area (TPSA) is 26.3 Å². The molecule has 0 heterocycles. The number of ether oxygens (including phenoxy) is 1. The summed E-state index contributed by atoms with van der Waals surface area (Å²) < 4.78 is 5.23. The minimum absolute atomic E-state index is 0.0932. The summed E-state index contributed by atoms with van der Waals surface area (Å²) >= 11 is 0. The van der Waals surface area contributed by atoms with E-state index in [0.717, 1.165) is 5.57 Å². The molecule has 0 fully saturated rings. The van der Waals surface area contributed by atoms with Crippen LogP contribution in [0.3, 0.4) is 0 Å². The SMILES string of the molecule is C=C(C)c1ccccc(OCC)c1=O. The van der Waals surface area contributed by atoms with Crippen LogP contribution in [-0.2, 0) is 0 Å². The van der Waals surface area contributed by atoms with Crippen molar-refractivity contribution in [1.82, 2.24) is 0 Å². The maximum Gasteiger partial charge on any atom is 0.227 e. The van der Waals surface area contributed by atoms with Crippen LogP contribution in [0, 0.1) is 0 Å². The summed E-state index contributed by atoms with van der Waals surface area (Å²) in [7, 11) is 0. The van der Waals surface area contributed by atoms with E-state index < -0.39 is 0 Å². The molecule has 1 aromatic rings. The Bertz CT molecular complexity index is 394. The first-order chi connectivity index (χ1) is 6.66. The van der Waals surface area contributed by atoms with Crippen molar-refractivity contribution in [3.8, 4) is 5.75 Å². The highest BCUT2D eigenvalue weighted by Gasteiger charge is 2.03. The fourth-order valence-electron chi connectivity index (χ4n) is 1.18. The van der Waals surface area contributed by atoms with Crippen LogP contribution in [-0.4, -0.2) is 6.61 Å². The van der Waals surface area contributed by atoms with Crippen LogP contribution in [0.2, 0.25) is 0 Å². The van der Waals surface area contributed by atoms with Gasteiger partial charge >= 0.3 is 0 Å². The third-order valence-electron chi connectivity index (χ3n) is 1.85. The van der Waals surface area contributed by atoms with Gasteiger partial charge in [0.2, 0.25) is 5.43 Å². The lowest BCUT2D eigenvalue weighted by atomic mass is 10.1. The smallest absolute Gasteiger partial charge is 0.227 e. The fourth-order valence-corrected chi connectivity index (χ4v) is 1.18. The molecule has 14 heavy (non-hydrogen) atoms. The summed E-state index contributed by atoms with van der Waals surface area (Å²) in [5.74, 6) is 0.385. The predicted molar refractivity (Wildman–Crippen MR) is 58.6 cm³/mol. The number of rotatable bonds is 3. The van der Waals surface area contributed by atoms with Crippen molar-refractivity contribution in [2.75, 3.05) is 6.61 Å². The zero-order chi connectivity index (χ0) is 10.6. The normalized spacial score (nSPS) is 9.57. The van der Waals surface area contributed by atoms with Gasteiger partial charge in [-0.1, -0.05) is 24.8 Å². The molecule has 0 amide bonds. The van der Waals surface area contributed by atoms with Crippen molar-refractivity contribution < 1.29 is 4.74 Å². The number of allylic oxidation sites excluding steroid dienone is 1. The Labute approximate surface area is 83.9 Å². The molecule has 2 nitrogen and oxygen atoms in total. The molecule has 1 aromatic carbocycles. The van der Waals surface area contributed by atoms with E-state index in [1.807, 2.05) is 19.9 Å². The van der Waals surface area contributed by atoms with Gasteiger partial charge in [0.25, 0.3) is 0 Å². The Hall–Kier alpha value is -1.57. The third kappa shape index (κ3) is 2.22. The quantitative estimate of drug-likeness (QED) is 0.732. The van der Waals surface area contributed by atoms with E-state index in [2.05, 4.69) is 6.58 Å². The van der Waals surface area contributed by atoms with Gasteiger partial charge in [-0.25, -0.2) is 0 Å². The minimum atomic E-state index is -0.0932.